The Morgan fingerprint density at radius 3 is 2.27 bits per heavy atom. The van der Waals surface area contributed by atoms with E-state index in [4.69, 9.17) is 4.74 Å². The number of benzene rings is 2. The monoisotopic (exact) mass is 617 g/mol. The number of aromatic nitrogens is 1. The summed E-state index contributed by atoms with van der Waals surface area (Å²) in [7, 11) is -3.63. The predicted octanol–water partition coefficient (Wildman–Crippen LogP) is 1.44. The van der Waals surface area contributed by atoms with E-state index in [9.17, 15) is 31.5 Å². The van der Waals surface area contributed by atoms with Crippen LogP contribution in [-0.2, 0) is 27.3 Å². The molecule has 5 rings (SSSR count). The third kappa shape index (κ3) is 7.39. The molecule has 2 fully saturated rings. The molecule has 0 saturated carbocycles. The summed E-state index contributed by atoms with van der Waals surface area (Å²) in [5.74, 6) is -1.26. The zero-order valence-corrected chi connectivity index (χ0v) is 26.9. The van der Waals surface area contributed by atoms with Crippen LogP contribution in [-0.4, -0.2) is 86.0 Å². The van der Waals surface area contributed by atoms with Gasteiger partial charge in [0.25, 0.3) is 0 Å². The maximum absolute atomic E-state index is 13.2. The van der Waals surface area contributed by atoms with Crippen molar-refractivity contribution < 1.29 is 89.0 Å². The molecule has 2 aliphatic rings. The van der Waals surface area contributed by atoms with Crippen LogP contribution in [0.1, 0.15) is 35.8 Å². The van der Waals surface area contributed by atoms with Gasteiger partial charge in [-0.25, -0.2) is 18.2 Å². The SMILES string of the molecule is CS(=O)(=O)c1ccc2nc(-c3ccc(C(F)(F)F)cc3)c(CN3CCC(N4CCOCC4)CC3)c(C(=O)O)c2c1.[H-].[K+]. The Labute approximate surface area is 280 Å². The van der Waals surface area contributed by atoms with E-state index in [1.165, 1.54) is 30.3 Å². The fourth-order valence-corrected chi connectivity index (χ4v) is 6.22. The predicted molar refractivity (Wildman–Crippen MR) is 144 cm³/mol. The minimum atomic E-state index is -4.52. The minimum Gasteiger partial charge on any atom is -1.00 e. The topological polar surface area (TPSA) is 100 Å². The molecule has 8 nitrogen and oxygen atoms in total. The van der Waals surface area contributed by atoms with Crippen molar-refractivity contribution >= 4 is 26.7 Å². The Kier molecular flexibility index (Phi) is 10.4. The van der Waals surface area contributed by atoms with Crippen LogP contribution in [0.3, 0.4) is 0 Å². The van der Waals surface area contributed by atoms with E-state index in [1.54, 1.807) is 0 Å². The number of hydrogen-bond acceptors (Lipinski definition) is 7. The number of fused-ring (bicyclic) bond motifs is 1. The van der Waals surface area contributed by atoms with E-state index < -0.39 is 27.5 Å². The quantitative estimate of drug-likeness (QED) is 0.415. The number of carboxylic acid groups (broad SMARTS) is 1. The van der Waals surface area contributed by atoms with Crippen LogP contribution in [0, 0.1) is 0 Å². The first-order valence-corrected chi connectivity index (χ1v) is 14.9. The Morgan fingerprint density at radius 1 is 1.07 bits per heavy atom. The van der Waals surface area contributed by atoms with Gasteiger partial charge in [0.1, 0.15) is 0 Å². The number of morpholine rings is 1. The first kappa shape index (κ1) is 32.5. The Bertz CT molecular complexity index is 1530. The number of ether oxygens (including phenoxy) is 1. The number of likely N-dealkylation sites (tertiary alicyclic amines) is 1. The number of nitrogens with zero attached hydrogens (tertiary/aromatic N) is 3. The zero-order chi connectivity index (χ0) is 28.7. The fraction of sp³-hybridized carbons (Fsp3) is 0.429. The first-order chi connectivity index (χ1) is 18.9. The number of aromatic carboxylic acids is 1. The molecule has 0 unspecified atom stereocenters. The van der Waals surface area contributed by atoms with Crippen molar-refractivity contribution in [2.24, 2.45) is 0 Å². The number of alkyl halides is 3. The van der Waals surface area contributed by atoms with Gasteiger partial charge in [0, 0.05) is 48.4 Å². The summed E-state index contributed by atoms with van der Waals surface area (Å²) in [5.41, 5.74) is 0.286. The number of piperidine rings is 1. The van der Waals surface area contributed by atoms with Crippen LogP contribution in [0.4, 0.5) is 13.2 Å². The van der Waals surface area contributed by atoms with Crippen molar-refractivity contribution in [2.75, 3.05) is 45.6 Å². The van der Waals surface area contributed by atoms with E-state index in [2.05, 4.69) is 14.8 Å². The molecule has 0 atom stereocenters. The Balaban J connectivity index is 0.00000242. The van der Waals surface area contributed by atoms with Gasteiger partial charge in [-0.05, 0) is 56.3 Å². The van der Waals surface area contributed by atoms with Gasteiger partial charge in [0.2, 0.25) is 0 Å². The molecule has 0 radical (unpaired) electrons. The Hall–Kier alpha value is -1.42. The molecule has 216 valence electrons. The summed E-state index contributed by atoms with van der Waals surface area (Å²) in [6.07, 6.45) is -1.70. The van der Waals surface area contributed by atoms with Crippen molar-refractivity contribution in [1.82, 2.24) is 14.8 Å². The average Bonchev–Trinajstić information content (AvgIpc) is 2.92. The largest absolute Gasteiger partial charge is 1.00 e. The second kappa shape index (κ2) is 13.1. The number of halogens is 3. The molecule has 2 saturated heterocycles. The smallest absolute Gasteiger partial charge is 1.00 e. The van der Waals surface area contributed by atoms with Gasteiger partial charge >= 0.3 is 63.5 Å². The van der Waals surface area contributed by atoms with Crippen LogP contribution in [0.25, 0.3) is 22.2 Å². The summed E-state index contributed by atoms with van der Waals surface area (Å²) in [6.45, 7) is 4.78. The summed E-state index contributed by atoms with van der Waals surface area (Å²) in [5, 5.41) is 10.5. The zero-order valence-electron chi connectivity index (χ0n) is 23.9. The second-order valence-electron chi connectivity index (χ2n) is 10.3. The van der Waals surface area contributed by atoms with E-state index in [1.807, 2.05) is 0 Å². The molecule has 1 N–H and O–H groups in total. The first-order valence-electron chi connectivity index (χ1n) is 13.0. The molecule has 2 aromatic carbocycles. The maximum Gasteiger partial charge on any atom is 1.00 e. The molecule has 0 aliphatic carbocycles. The van der Waals surface area contributed by atoms with Gasteiger partial charge in [-0.1, -0.05) is 12.1 Å². The van der Waals surface area contributed by atoms with Gasteiger partial charge in [-0.15, -0.1) is 0 Å². The van der Waals surface area contributed by atoms with Crippen molar-refractivity contribution in [3.8, 4) is 11.3 Å². The van der Waals surface area contributed by atoms with Gasteiger partial charge in [0.15, 0.2) is 9.84 Å². The van der Waals surface area contributed by atoms with Crippen molar-refractivity contribution in [3.05, 3.63) is 59.2 Å². The van der Waals surface area contributed by atoms with Crippen molar-refractivity contribution in [3.63, 3.8) is 0 Å². The third-order valence-electron chi connectivity index (χ3n) is 7.69. The van der Waals surface area contributed by atoms with Crippen molar-refractivity contribution in [1.29, 1.82) is 0 Å². The number of rotatable bonds is 6. The minimum absolute atomic E-state index is 0. The molecular weight excluding hydrogens is 586 g/mol. The van der Waals surface area contributed by atoms with E-state index >= 15 is 0 Å². The number of pyridine rings is 1. The second-order valence-corrected chi connectivity index (χ2v) is 12.3. The molecule has 13 heteroatoms. The molecule has 0 bridgehead atoms. The molecule has 1 aromatic heterocycles. The van der Waals surface area contributed by atoms with Gasteiger partial charge in [0.05, 0.1) is 40.4 Å². The number of carboxylic acids is 1. The standard InChI is InChI=1S/C28H30F3N3O5S.K.H/c1-40(37,38)21-6-7-24-22(16-21)25(27(35)36)23(26(32-24)18-2-4-19(5-3-18)28(29,30)31)17-33-10-8-20(9-11-33)34-12-14-39-15-13-34;;/h2-7,16,20H,8-15,17H2,1H3,(H,35,36);;/q;+1;-1. The summed E-state index contributed by atoms with van der Waals surface area (Å²) in [6, 6.07) is 8.99. The van der Waals surface area contributed by atoms with Crippen LogP contribution < -0.4 is 51.4 Å². The molecule has 3 heterocycles. The third-order valence-corrected chi connectivity index (χ3v) is 8.80. The number of sulfone groups is 1. The number of carbonyl (C=O) groups is 1. The van der Waals surface area contributed by atoms with Crippen molar-refractivity contribution in [2.45, 2.75) is 36.5 Å². The van der Waals surface area contributed by atoms with E-state index in [-0.39, 0.29) is 86.4 Å². The van der Waals surface area contributed by atoms with Gasteiger partial charge in [-0.2, -0.15) is 13.2 Å². The normalized spacial score (nSPS) is 17.9. The molecule has 0 amide bonds. The molecule has 41 heavy (non-hydrogen) atoms. The van der Waals surface area contributed by atoms with Crippen LogP contribution in [0.5, 0.6) is 0 Å². The Morgan fingerprint density at radius 2 is 1.71 bits per heavy atom. The maximum atomic E-state index is 13.2. The molecule has 0 spiro atoms. The molecular formula is C28H31F3KN3O5S. The van der Waals surface area contributed by atoms with E-state index in [0.29, 0.717) is 43.5 Å². The number of hydrogen-bond donors (Lipinski definition) is 1. The van der Waals surface area contributed by atoms with Gasteiger partial charge in [-0.3, -0.25) is 9.80 Å². The summed E-state index contributed by atoms with van der Waals surface area (Å²) >= 11 is 0. The summed E-state index contributed by atoms with van der Waals surface area (Å²) < 4.78 is 69.6. The van der Waals surface area contributed by atoms with Crippen LogP contribution >= 0.6 is 0 Å². The van der Waals surface area contributed by atoms with Crippen LogP contribution in [0.2, 0.25) is 0 Å². The fourth-order valence-electron chi connectivity index (χ4n) is 5.58. The molecule has 3 aromatic rings. The average molecular weight is 618 g/mol. The van der Waals surface area contributed by atoms with Crippen LogP contribution in [0.15, 0.2) is 47.4 Å². The summed E-state index contributed by atoms with van der Waals surface area (Å²) in [4.78, 5) is 21.9. The van der Waals surface area contributed by atoms with E-state index in [0.717, 1.165) is 44.3 Å². The molecule has 2 aliphatic heterocycles. The van der Waals surface area contributed by atoms with Gasteiger partial charge < -0.3 is 11.3 Å².